The number of piperidine rings is 1. The van der Waals surface area contributed by atoms with Gasteiger partial charge in [0.05, 0.1) is 11.5 Å². The first-order chi connectivity index (χ1) is 10.7. The minimum absolute atomic E-state index is 0.211. The first-order valence-electron chi connectivity index (χ1n) is 7.64. The minimum atomic E-state index is -0.868. The third kappa shape index (κ3) is 3.83. The molecule has 0 spiro atoms. The maximum absolute atomic E-state index is 12.4. The second-order valence-electron chi connectivity index (χ2n) is 6.82. The summed E-state index contributed by atoms with van der Waals surface area (Å²) in [5.41, 5.74) is 0.181. The van der Waals surface area contributed by atoms with Gasteiger partial charge in [-0.3, -0.25) is 10.1 Å². The van der Waals surface area contributed by atoms with Crippen LogP contribution in [0.3, 0.4) is 0 Å². The number of nitriles is 1. The number of rotatable bonds is 2. The third-order valence-electron chi connectivity index (χ3n) is 3.96. The highest BCUT2D eigenvalue weighted by molar-refractivity contribution is 5.89. The Morgan fingerprint density at radius 1 is 1.43 bits per heavy atom. The van der Waals surface area contributed by atoms with Crippen LogP contribution in [0.25, 0.3) is 0 Å². The maximum atomic E-state index is 12.4. The zero-order chi connectivity index (χ0) is 17.2. The molecule has 0 saturated carbocycles. The average molecular weight is 318 g/mol. The van der Waals surface area contributed by atoms with Crippen molar-refractivity contribution < 1.29 is 14.7 Å². The van der Waals surface area contributed by atoms with Crippen LogP contribution >= 0.6 is 0 Å². The number of nitrogens with one attached hydrogen (secondary N) is 1. The number of aliphatic carboxylic acids is 1. The molecule has 1 saturated heterocycles. The van der Waals surface area contributed by atoms with Gasteiger partial charge < -0.3 is 14.6 Å². The van der Waals surface area contributed by atoms with Gasteiger partial charge in [-0.05, 0) is 39.7 Å². The highest BCUT2D eigenvalue weighted by Gasteiger charge is 2.29. The molecule has 1 aliphatic rings. The number of carboxylic acid groups (broad SMARTS) is 1. The summed E-state index contributed by atoms with van der Waals surface area (Å²) < 4.78 is 1.84. The summed E-state index contributed by atoms with van der Waals surface area (Å²) in [5.74, 6) is -0.845. The van der Waals surface area contributed by atoms with Crippen LogP contribution in [0.2, 0.25) is 0 Å². The van der Waals surface area contributed by atoms with Crippen molar-refractivity contribution in [3.63, 3.8) is 0 Å². The largest absolute Gasteiger partial charge is 0.481 e. The van der Waals surface area contributed by atoms with Crippen LogP contribution < -0.4 is 5.32 Å². The summed E-state index contributed by atoms with van der Waals surface area (Å²) >= 11 is 0. The van der Waals surface area contributed by atoms with E-state index < -0.39 is 11.9 Å². The lowest BCUT2D eigenvalue weighted by atomic mass is 9.99. The second-order valence-corrected chi connectivity index (χ2v) is 6.82. The van der Waals surface area contributed by atoms with Crippen LogP contribution in [0, 0.1) is 17.2 Å². The Balaban J connectivity index is 2.16. The number of hydrogen-bond donors (Lipinski definition) is 2. The Morgan fingerprint density at radius 3 is 2.70 bits per heavy atom. The van der Waals surface area contributed by atoms with Crippen molar-refractivity contribution in [1.82, 2.24) is 9.47 Å². The molecule has 124 valence electrons. The highest BCUT2D eigenvalue weighted by atomic mass is 16.4. The molecule has 0 aromatic carbocycles. The van der Waals surface area contributed by atoms with E-state index in [-0.39, 0.29) is 18.1 Å². The summed E-state index contributed by atoms with van der Waals surface area (Å²) in [7, 11) is 0. The molecule has 23 heavy (non-hydrogen) atoms. The van der Waals surface area contributed by atoms with E-state index >= 15 is 0 Å². The number of hydrogen-bond acceptors (Lipinski definition) is 3. The molecule has 0 radical (unpaired) electrons. The molecule has 1 atom stereocenters. The fourth-order valence-corrected chi connectivity index (χ4v) is 2.73. The summed E-state index contributed by atoms with van der Waals surface area (Å²) in [6.07, 6.45) is 2.97. The van der Waals surface area contributed by atoms with Gasteiger partial charge in [0, 0.05) is 24.8 Å². The molecule has 1 aromatic heterocycles. The van der Waals surface area contributed by atoms with Crippen molar-refractivity contribution in [2.75, 3.05) is 18.4 Å². The molecule has 0 bridgehead atoms. The first kappa shape index (κ1) is 16.9. The zero-order valence-electron chi connectivity index (χ0n) is 13.7. The normalized spacial score (nSPS) is 18.3. The van der Waals surface area contributed by atoms with E-state index in [2.05, 4.69) is 11.4 Å². The smallest absolute Gasteiger partial charge is 0.322 e. The van der Waals surface area contributed by atoms with Crippen LogP contribution in [0.4, 0.5) is 10.6 Å². The van der Waals surface area contributed by atoms with Crippen molar-refractivity contribution >= 4 is 17.8 Å². The summed E-state index contributed by atoms with van der Waals surface area (Å²) in [4.78, 5) is 25.1. The van der Waals surface area contributed by atoms with E-state index in [1.807, 2.05) is 25.3 Å². The van der Waals surface area contributed by atoms with Crippen molar-refractivity contribution in [3.05, 3.63) is 17.8 Å². The topological polar surface area (TPSA) is 98.4 Å². The van der Waals surface area contributed by atoms with Crippen molar-refractivity contribution in [2.24, 2.45) is 5.92 Å². The second kappa shape index (κ2) is 6.32. The SMILES string of the molecule is CC(C)(C)n1cc(C#N)cc1NC(=O)N1CCCC(C(=O)O)C1. The first-order valence-corrected chi connectivity index (χ1v) is 7.64. The molecule has 1 fully saturated rings. The fraction of sp³-hybridized carbons (Fsp3) is 0.562. The van der Waals surface area contributed by atoms with Crippen molar-refractivity contribution in [2.45, 2.75) is 39.2 Å². The van der Waals surface area contributed by atoms with Gasteiger partial charge in [-0.1, -0.05) is 0 Å². The molecule has 1 unspecified atom stereocenters. The monoisotopic (exact) mass is 318 g/mol. The van der Waals surface area contributed by atoms with Gasteiger partial charge in [0.25, 0.3) is 0 Å². The Morgan fingerprint density at radius 2 is 2.13 bits per heavy atom. The average Bonchev–Trinajstić information content (AvgIpc) is 2.90. The molecule has 7 nitrogen and oxygen atoms in total. The van der Waals surface area contributed by atoms with E-state index in [4.69, 9.17) is 10.4 Å². The Kier molecular flexibility index (Phi) is 4.64. The molecular formula is C16H22N4O3. The summed E-state index contributed by atoms with van der Waals surface area (Å²) in [6, 6.07) is 3.37. The summed E-state index contributed by atoms with van der Waals surface area (Å²) in [5, 5.41) is 21.0. The van der Waals surface area contributed by atoms with Crippen LogP contribution in [0.1, 0.15) is 39.2 Å². The van der Waals surface area contributed by atoms with Gasteiger partial charge in [0.2, 0.25) is 0 Å². The standard InChI is InChI=1S/C16H22N4O3/c1-16(2,3)20-9-11(8-17)7-13(20)18-15(23)19-6-4-5-12(10-19)14(21)22/h7,9,12H,4-6,10H2,1-3H3,(H,18,23)(H,21,22). The number of amides is 2. The van der Waals surface area contributed by atoms with Crippen molar-refractivity contribution in [3.8, 4) is 6.07 Å². The highest BCUT2D eigenvalue weighted by Crippen LogP contribution is 2.25. The number of carbonyl (C=O) groups excluding carboxylic acids is 1. The van der Waals surface area contributed by atoms with Crippen LogP contribution in [0.5, 0.6) is 0 Å². The Hall–Kier alpha value is -2.49. The van der Waals surface area contributed by atoms with Gasteiger partial charge in [-0.25, -0.2) is 4.79 Å². The number of nitrogens with zero attached hydrogens (tertiary/aromatic N) is 3. The van der Waals surface area contributed by atoms with Gasteiger partial charge >= 0.3 is 12.0 Å². The van der Waals surface area contributed by atoms with E-state index in [9.17, 15) is 9.59 Å². The predicted molar refractivity (Wildman–Crippen MR) is 85.1 cm³/mol. The molecule has 1 aromatic rings. The fourth-order valence-electron chi connectivity index (χ4n) is 2.73. The molecule has 2 heterocycles. The van der Waals surface area contributed by atoms with E-state index in [0.29, 0.717) is 30.8 Å². The Bertz CT molecular complexity index is 651. The molecular weight excluding hydrogens is 296 g/mol. The molecule has 1 aliphatic heterocycles. The maximum Gasteiger partial charge on any atom is 0.322 e. The number of likely N-dealkylation sites (tertiary alicyclic amines) is 1. The van der Waals surface area contributed by atoms with Gasteiger partial charge in [0.15, 0.2) is 0 Å². The zero-order valence-corrected chi connectivity index (χ0v) is 13.7. The quantitative estimate of drug-likeness (QED) is 0.875. The summed E-state index contributed by atoms with van der Waals surface area (Å²) in [6.45, 7) is 6.68. The van der Waals surface area contributed by atoms with Gasteiger partial charge in [0.1, 0.15) is 11.9 Å². The molecule has 2 amide bonds. The number of anilines is 1. The lowest BCUT2D eigenvalue weighted by Crippen LogP contribution is -2.44. The third-order valence-corrected chi connectivity index (χ3v) is 3.96. The lowest BCUT2D eigenvalue weighted by Gasteiger charge is -2.31. The predicted octanol–water partition coefficient (Wildman–Crippen LogP) is 2.44. The van der Waals surface area contributed by atoms with Gasteiger partial charge in [-0.2, -0.15) is 5.26 Å². The van der Waals surface area contributed by atoms with E-state index in [0.717, 1.165) is 0 Å². The number of carboxylic acids is 1. The lowest BCUT2D eigenvalue weighted by molar-refractivity contribution is -0.143. The molecule has 7 heteroatoms. The van der Waals surface area contributed by atoms with E-state index in [1.54, 1.807) is 12.3 Å². The number of urea groups is 1. The Labute approximate surface area is 135 Å². The van der Waals surface area contributed by atoms with Crippen LogP contribution in [-0.2, 0) is 10.3 Å². The number of carbonyl (C=O) groups is 2. The molecule has 2 N–H and O–H groups in total. The van der Waals surface area contributed by atoms with Gasteiger partial charge in [-0.15, -0.1) is 0 Å². The van der Waals surface area contributed by atoms with E-state index in [1.165, 1.54) is 4.90 Å². The molecule has 0 aliphatic carbocycles. The number of aromatic nitrogens is 1. The van der Waals surface area contributed by atoms with Crippen LogP contribution in [0.15, 0.2) is 12.3 Å². The molecule has 2 rings (SSSR count). The van der Waals surface area contributed by atoms with Crippen molar-refractivity contribution in [1.29, 1.82) is 5.26 Å². The van der Waals surface area contributed by atoms with Crippen LogP contribution in [-0.4, -0.2) is 39.7 Å². The minimum Gasteiger partial charge on any atom is -0.481 e.